The summed E-state index contributed by atoms with van der Waals surface area (Å²) in [4.78, 5) is 2.48. The van der Waals surface area contributed by atoms with Crippen molar-refractivity contribution < 1.29 is 0 Å². The Morgan fingerprint density at radius 3 is 2.76 bits per heavy atom. The predicted molar refractivity (Wildman–Crippen MR) is 78.9 cm³/mol. The minimum atomic E-state index is 0.579. The summed E-state index contributed by atoms with van der Waals surface area (Å²) in [6.07, 6.45) is 1.28. The van der Waals surface area contributed by atoms with E-state index in [0.717, 1.165) is 29.4 Å². The highest BCUT2D eigenvalue weighted by molar-refractivity contribution is 9.10. The molecular formula is C14H19BrClN. The van der Waals surface area contributed by atoms with Gasteiger partial charge in [-0.2, -0.15) is 0 Å². The number of hydrogen-bond acceptors (Lipinski definition) is 1. The highest BCUT2D eigenvalue weighted by Crippen LogP contribution is 2.31. The van der Waals surface area contributed by atoms with E-state index in [2.05, 4.69) is 52.9 Å². The van der Waals surface area contributed by atoms with Crippen molar-refractivity contribution in [3.05, 3.63) is 28.2 Å². The molecule has 1 aromatic rings. The van der Waals surface area contributed by atoms with E-state index in [4.69, 9.17) is 11.6 Å². The molecule has 0 spiro atoms. The SMILES string of the molecule is CC1CCN(c2ccc(Br)cc2CCl)CC1C. The Kier molecular flexibility index (Phi) is 4.37. The lowest BCUT2D eigenvalue weighted by atomic mass is 9.88. The zero-order valence-corrected chi connectivity index (χ0v) is 12.8. The Balaban J connectivity index is 2.22. The number of halogens is 2. The normalized spacial score (nSPS) is 25.1. The van der Waals surface area contributed by atoms with Crippen LogP contribution in [0.1, 0.15) is 25.8 Å². The van der Waals surface area contributed by atoms with Crippen molar-refractivity contribution in [3.8, 4) is 0 Å². The van der Waals surface area contributed by atoms with Gasteiger partial charge in [0.25, 0.3) is 0 Å². The van der Waals surface area contributed by atoms with Crippen molar-refractivity contribution in [3.63, 3.8) is 0 Å². The number of rotatable bonds is 2. The largest absolute Gasteiger partial charge is 0.371 e. The first kappa shape index (κ1) is 13.2. The van der Waals surface area contributed by atoms with Crippen LogP contribution in [0.5, 0.6) is 0 Å². The summed E-state index contributed by atoms with van der Waals surface area (Å²) >= 11 is 9.55. The Hall–Kier alpha value is -0.210. The molecule has 0 radical (unpaired) electrons. The smallest absolute Gasteiger partial charge is 0.0494 e. The third-order valence-electron chi connectivity index (χ3n) is 3.86. The number of nitrogens with zero attached hydrogens (tertiary/aromatic N) is 1. The standard InChI is InChI=1S/C14H19BrClN/c1-10-5-6-17(9-11(10)2)14-4-3-13(15)7-12(14)8-16/h3-4,7,10-11H,5-6,8-9H2,1-2H3. The van der Waals surface area contributed by atoms with Crippen LogP contribution in [0.15, 0.2) is 22.7 Å². The fraction of sp³-hybridized carbons (Fsp3) is 0.571. The van der Waals surface area contributed by atoms with Gasteiger partial charge in [0.2, 0.25) is 0 Å². The maximum atomic E-state index is 6.04. The molecule has 1 fully saturated rings. The van der Waals surface area contributed by atoms with Crippen molar-refractivity contribution in [2.24, 2.45) is 11.8 Å². The van der Waals surface area contributed by atoms with E-state index in [1.807, 2.05) is 0 Å². The van der Waals surface area contributed by atoms with E-state index in [1.165, 1.54) is 17.7 Å². The molecule has 17 heavy (non-hydrogen) atoms. The van der Waals surface area contributed by atoms with Gasteiger partial charge < -0.3 is 4.90 Å². The minimum absolute atomic E-state index is 0.579. The summed E-state index contributed by atoms with van der Waals surface area (Å²) in [6.45, 7) is 6.99. The van der Waals surface area contributed by atoms with Gasteiger partial charge in [0.15, 0.2) is 0 Å². The molecule has 2 unspecified atom stereocenters. The van der Waals surface area contributed by atoms with Gasteiger partial charge in [0, 0.05) is 29.1 Å². The Morgan fingerprint density at radius 2 is 2.12 bits per heavy atom. The number of benzene rings is 1. The van der Waals surface area contributed by atoms with Gasteiger partial charge in [-0.1, -0.05) is 29.8 Å². The number of anilines is 1. The summed E-state index contributed by atoms with van der Waals surface area (Å²) in [5.74, 6) is 2.17. The van der Waals surface area contributed by atoms with Gasteiger partial charge in [-0.05, 0) is 42.0 Å². The van der Waals surface area contributed by atoms with Gasteiger partial charge in [-0.15, -0.1) is 11.6 Å². The van der Waals surface area contributed by atoms with Gasteiger partial charge in [0.1, 0.15) is 0 Å². The zero-order valence-electron chi connectivity index (χ0n) is 10.4. The minimum Gasteiger partial charge on any atom is -0.371 e. The average Bonchev–Trinajstić information content (AvgIpc) is 2.32. The van der Waals surface area contributed by atoms with E-state index in [1.54, 1.807) is 0 Å². The second-order valence-electron chi connectivity index (χ2n) is 5.10. The number of hydrogen-bond donors (Lipinski definition) is 0. The number of alkyl halides is 1. The topological polar surface area (TPSA) is 3.24 Å². The zero-order chi connectivity index (χ0) is 12.4. The van der Waals surface area contributed by atoms with Crippen LogP contribution in [0.3, 0.4) is 0 Å². The molecule has 1 nitrogen and oxygen atoms in total. The van der Waals surface area contributed by atoms with Crippen LogP contribution in [0.4, 0.5) is 5.69 Å². The molecule has 3 heteroatoms. The fourth-order valence-corrected chi connectivity index (χ4v) is 3.07. The van der Waals surface area contributed by atoms with Crippen LogP contribution in [-0.4, -0.2) is 13.1 Å². The maximum Gasteiger partial charge on any atom is 0.0494 e. The van der Waals surface area contributed by atoms with Crippen LogP contribution >= 0.6 is 27.5 Å². The van der Waals surface area contributed by atoms with Crippen LogP contribution in [0.25, 0.3) is 0 Å². The first-order valence-corrected chi connectivity index (χ1v) is 7.54. The third kappa shape index (κ3) is 2.97. The first-order valence-electron chi connectivity index (χ1n) is 6.21. The lowest BCUT2D eigenvalue weighted by molar-refractivity contribution is 0.323. The summed E-state index contributed by atoms with van der Waals surface area (Å²) in [6, 6.07) is 6.42. The lowest BCUT2D eigenvalue weighted by Crippen LogP contribution is -2.38. The van der Waals surface area contributed by atoms with Crippen molar-refractivity contribution in [1.29, 1.82) is 0 Å². The second-order valence-corrected chi connectivity index (χ2v) is 6.28. The van der Waals surface area contributed by atoms with Crippen molar-refractivity contribution in [1.82, 2.24) is 0 Å². The molecular weight excluding hydrogens is 298 g/mol. The van der Waals surface area contributed by atoms with E-state index < -0.39 is 0 Å². The Morgan fingerprint density at radius 1 is 1.35 bits per heavy atom. The average molecular weight is 317 g/mol. The molecule has 2 atom stereocenters. The molecule has 0 bridgehead atoms. The number of piperidine rings is 1. The Labute approximate surface area is 117 Å². The summed E-state index contributed by atoms with van der Waals surface area (Å²) in [5.41, 5.74) is 2.53. The molecule has 1 saturated heterocycles. The molecule has 1 heterocycles. The van der Waals surface area contributed by atoms with Gasteiger partial charge >= 0.3 is 0 Å². The monoisotopic (exact) mass is 315 g/mol. The highest BCUT2D eigenvalue weighted by atomic mass is 79.9. The van der Waals surface area contributed by atoms with E-state index in [9.17, 15) is 0 Å². The van der Waals surface area contributed by atoms with Crippen LogP contribution in [0, 0.1) is 11.8 Å². The van der Waals surface area contributed by atoms with Crippen molar-refractivity contribution >= 4 is 33.2 Å². The molecule has 0 aromatic heterocycles. The molecule has 2 rings (SSSR count). The molecule has 1 aromatic carbocycles. The molecule has 0 aliphatic carbocycles. The Bertz CT molecular complexity index is 394. The van der Waals surface area contributed by atoms with Crippen LogP contribution in [0.2, 0.25) is 0 Å². The first-order chi connectivity index (χ1) is 8.11. The van der Waals surface area contributed by atoms with E-state index >= 15 is 0 Å². The molecule has 1 aliphatic heterocycles. The van der Waals surface area contributed by atoms with E-state index in [0.29, 0.717) is 5.88 Å². The van der Waals surface area contributed by atoms with Crippen molar-refractivity contribution in [2.75, 3.05) is 18.0 Å². The maximum absolute atomic E-state index is 6.04. The quantitative estimate of drug-likeness (QED) is 0.717. The molecule has 0 saturated carbocycles. The van der Waals surface area contributed by atoms with Crippen molar-refractivity contribution in [2.45, 2.75) is 26.1 Å². The van der Waals surface area contributed by atoms with Crippen LogP contribution < -0.4 is 4.90 Å². The molecule has 1 aliphatic rings. The third-order valence-corrected chi connectivity index (χ3v) is 4.64. The van der Waals surface area contributed by atoms with Gasteiger partial charge in [-0.3, -0.25) is 0 Å². The summed E-state index contributed by atoms with van der Waals surface area (Å²) < 4.78 is 1.11. The summed E-state index contributed by atoms with van der Waals surface area (Å²) in [7, 11) is 0. The summed E-state index contributed by atoms with van der Waals surface area (Å²) in [5, 5.41) is 0. The fourth-order valence-electron chi connectivity index (χ4n) is 2.45. The predicted octanol–water partition coefficient (Wildman–Crippen LogP) is 4.67. The van der Waals surface area contributed by atoms with Gasteiger partial charge in [0.05, 0.1) is 0 Å². The van der Waals surface area contributed by atoms with Crippen LogP contribution in [-0.2, 0) is 5.88 Å². The van der Waals surface area contributed by atoms with Gasteiger partial charge in [-0.25, -0.2) is 0 Å². The molecule has 0 amide bonds. The van der Waals surface area contributed by atoms with E-state index in [-0.39, 0.29) is 0 Å². The second kappa shape index (κ2) is 5.62. The molecule has 0 N–H and O–H groups in total. The highest BCUT2D eigenvalue weighted by Gasteiger charge is 2.23. The molecule has 94 valence electrons. The lowest BCUT2D eigenvalue weighted by Gasteiger charge is -2.37.